The Hall–Kier alpha value is -4.24. The standard InChI is InChI=1S/C28H22N2O/c31-30(28-21-17-26(18-22-28)14-12-24-9-5-2-6-10-24)29-27-19-15-25(16-20-27)13-11-23-7-3-1-4-8-23/h1-22H. The first-order valence-electron chi connectivity index (χ1n) is 10.1. The average molecular weight is 402 g/mol. The Morgan fingerprint density at radius 3 is 1.32 bits per heavy atom. The van der Waals surface area contributed by atoms with Gasteiger partial charge in [0.2, 0.25) is 5.69 Å². The van der Waals surface area contributed by atoms with Gasteiger partial charge < -0.3 is 5.21 Å². The molecule has 0 radical (unpaired) electrons. The van der Waals surface area contributed by atoms with E-state index in [1.807, 2.05) is 103 Å². The maximum atomic E-state index is 12.4. The van der Waals surface area contributed by atoms with E-state index in [0.717, 1.165) is 22.3 Å². The number of hydrogen-bond acceptors (Lipinski definition) is 2. The zero-order valence-electron chi connectivity index (χ0n) is 17.0. The van der Waals surface area contributed by atoms with Gasteiger partial charge in [-0.15, -0.1) is 0 Å². The number of nitrogens with zero attached hydrogens (tertiary/aromatic N) is 2. The van der Waals surface area contributed by atoms with Crippen LogP contribution in [-0.4, -0.2) is 4.86 Å². The van der Waals surface area contributed by atoms with E-state index in [0.29, 0.717) is 16.2 Å². The summed E-state index contributed by atoms with van der Waals surface area (Å²) in [6, 6.07) is 35.2. The van der Waals surface area contributed by atoms with Gasteiger partial charge in [0.15, 0.2) is 0 Å². The lowest BCUT2D eigenvalue weighted by Gasteiger charge is -2.01. The lowest BCUT2D eigenvalue weighted by molar-refractivity contribution is -0.435. The van der Waals surface area contributed by atoms with Crippen LogP contribution in [0.5, 0.6) is 0 Å². The molecule has 0 aliphatic rings. The highest BCUT2D eigenvalue weighted by molar-refractivity contribution is 5.70. The van der Waals surface area contributed by atoms with Crippen molar-refractivity contribution in [2.75, 3.05) is 0 Å². The molecule has 0 N–H and O–H groups in total. The second-order valence-electron chi connectivity index (χ2n) is 7.04. The highest BCUT2D eigenvalue weighted by Gasteiger charge is 2.04. The molecule has 0 aromatic heterocycles. The van der Waals surface area contributed by atoms with Gasteiger partial charge in [0, 0.05) is 17.2 Å². The topological polar surface area (TPSA) is 38.4 Å². The molecule has 0 saturated carbocycles. The second-order valence-corrected chi connectivity index (χ2v) is 7.04. The summed E-state index contributed by atoms with van der Waals surface area (Å²) < 4.78 is 0. The largest absolute Gasteiger partial charge is 0.594 e. The average Bonchev–Trinajstić information content (AvgIpc) is 2.84. The summed E-state index contributed by atoms with van der Waals surface area (Å²) in [5, 5.41) is 16.6. The highest BCUT2D eigenvalue weighted by atomic mass is 16.5. The summed E-state index contributed by atoms with van der Waals surface area (Å²) in [4.78, 5) is 0.652. The van der Waals surface area contributed by atoms with Crippen LogP contribution < -0.4 is 0 Å². The second kappa shape index (κ2) is 9.99. The summed E-state index contributed by atoms with van der Waals surface area (Å²) in [6.45, 7) is 0. The maximum Gasteiger partial charge on any atom is 0.244 e. The van der Waals surface area contributed by atoms with E-state index in [4.69, 9.17) is 0 Å². The lowest BCUT2D eigenvalue weighted by Crippen LogP contribution is -1.90. The Morgan fingerprint density at radius 1 is 0.484 bits per heavy atom. The molecule has 0 bridgehead atoms. The van der Waals surface area contributed by atoms with Gasteiger partial charge in [0.1, 0.15) is 5.69 Å². The fourth-order valence-electron chi connectivity index (χ4n) is 3.04. The van der Waals surface area contributed by atoms with Crippen molar-refractivity contribution >= 4 is 35.7 Å². The van der Waals surface area contributed by atoms with Gasteiger partial charge in [0.05, 0.1) is 0 Å². The van der Waals surface area contributed by atoms with Crippen LogP contribution >= 0.6 is 0 Å². The Bertz CT molecular complexity index is 1190. The SMILES string of the molecule is [O-][N+](=Nc1ccc(C=Cc2ccccc2)cc1)c1ccc(C=Cc2ccccc2)cc1. The first-order chi connectivity index (χ1) is 15.3. The molecule has 150 valence electrons. The Kier molecular flexibility index (Phi) is 6.46. The summed E-state index contributed by atoms with van der Waals surface area (Å²) in [7, 11) is 0. The molecule has 31 heavy (non-hydrogen) atoms. The summed E-state index contributed by atoms with van der Waals surface area (Å²) in [5.74, 6) is 0. The van der Waals surface area contributed by atoms with E-state index < -0.39 is 0 Å². The van der Waals surface area contributed by atoms with Crippen molar-refractivity contribution < 1.29 is 4.86 Å². The molecule has 0 heterocycles. The fraction of sp³-hybridized carbons (Fsp3) is 0. The van der Waals surface area contributed by atoms with Crippen molar-refractivity contribution in [1.82, 2.24) is 0 Å². The molecule has 4 rings (SSSR count). The van der Waals surface area contributed by atoms with Crippen LogP contribution in [0.4, 0.5) is 11.4 Å². The number of hydrogen-bond donors (Lipinski definition) is 0. The molecular weight excluding hydrogens is 380 g/mol. The van der Waals surface area contributed by atoms with Gasteiger partial charge in [-0.05, 0) is 46.5 Å². The van der Waals surface area contributed by atoms with Crippen molar-refractivity contribution in [1.29, 1.82) is 0 Å². The first kappa shape index (κ1) is 20.0. The third-order valence-electron chi connectivity index (χ3n) is 4.75. The molecule has 0 atom stereocenters. The van der Waals surface area contributed by atoms with Crippen LogP contribution in [0.3, 0.4) is 0 Å². The summed E-state index contributed by atoms with van der Waals surface area (Å²) in [5.41, 5.74) is 5.45. The van der Waals surface area contributed by atoms with Crippen molar-refractivity contribution in [2.24, 2.45) is 5.11 Å². The maximum absolute atomic E-state index is 12.4. The van der Waals surface area contributed by atoms with Gasteiger partial charge in [-0.3, -0.25) is 0 Å². The number of azo groups is 1. The van der Waals surface area contributed by atoms with E-state index in [-0.39, 0.29) is 0 Å². The monoisotopic (exact) mass is 402 g/mol. The molecule has 4 aromatic carbocycles. The van der Waals surface area contributed by atoms with Crippen LogP contribution in [-0.2, 0) is 0 Å². The minimum atomic E-state index is 0.491. The van der Waals surface area contributed by atoms with Gasteiger partial charge >= 0.3 is 0 Å². The molecule has 0 fully saturated rings. The molecular formula is C28H22N2O. The molecule has 4 aromatic rings. The smallest absolute Gasteiger partial charge is 0.244 e. The van der Waals surface area contributed by atoms with Crippen LogP contribution in [0.15, 0.2) is 114 Å². The van der Waals surface area contributed by atoms with Crippen LogP contribution in [0.2, 0.25) is 0 Å². The predicted molar refractivity (Wildman–Crippen MR) is 129 cm³/mol. The van der Waals surface area contributed by atoms with E-state index in [2.05, 4.69) is 23.3 Å². The van der Waals surface area contributed by atoms with E-state index in [1.165, 1.54) is 0 Å². The van der Waals surface area contributed by atoms with Crippen molar-refractivity contribution in [3.05, 3.63) is 137 Å². The minimum Gasteiger partial charge on any atom is -0.594 e. The zero-order chi connectivity index (χ0) is 21.3. The fourth-order valence-corrected chi connectivity index (χ4v) is 3.04. The zero-order valence-corrected chi connectivity index (χ0v) is 17.0. The lowest BCUT2D eigenvalue weighted by atomic mass is 10.1. The molecule has 3 nitrogen and oxygen atoms in total. The van der Waals surface area contributed by atoms with E-state index >= 15 is 0 Å². The molecule has 0 spiro atoms. The highest BCUT2D eigenvalue weighted by Crippen LogP contribution is 2.20. The molecule has 3 heteroatoms. The molecule has 0 unspecified atom stereocenters. The van der Waals surface area contributed by atoms with Crippen LogP contribution in [0.25, 0.3) is 24.3 Å². The third-order valence-corrected chi connectivity index (χ3v) is 4.75. The number of rotatable bonds is 6. The molecule has 0 amide bonds. The van der Waals surface area contributed by atoms with Crippen molar-refractivity contribution in [2.45, 2.75) is 0 Å². The van der Waals surface area contributed by atoms with Gasteiger partial charge in [0.25, 0.3) is 0 Å². The Morgan fingerprint density at radius 2 is 0.871 bits per heavy atom. The normalized spacial score (nSPS) is 11.9. The molecule has 0 aliphatic carbocycles. The number of benzene rings is 4. The Balaban J connectivity index is 1.41. The summed E-state index contributed by atoms with van der Waals surface area (Å²) >= 11 is 0. The van der Waals surface area contributed by atoms with Gasteiger partial charge in [-0.2, -0.15) is 0 Å². The van der Waals surface area contributed by atoms with E-state index in [1.54, 1.807) is 12.1 Å². The van der Waals surface area contributed by atoms with Crippen LogP contribution in [0.1, 0.15) is 22.3 Å². The molecule has 0 aliphatic heterocycles. The van der Waals surface area contributed by atoms with E-state index in [9.17, 15) is 5.21 Å². The van der Waals surface area contributed by atoms with Crippen LogP contribution in [0, 0.1) is 5.21 Å². The third kappa shape index (κ3) is 5.87. The first-order valence-corrected chi connectivity index (χ1v) is 10.1. The predicted octanol–water partition coefficient (Wildman–Crippen LogP) is 7.95. The minimum absolute atomic E-state index is 0.491. The van der Waals surface area contributed by atoms with Gasteiger partial charge in [-0.25, -0.2) is 0 Å². The van der Waals surface area contributed by atoms with Crippen molar-refractivity contribution in [3.8, 4) is 0 Å². The van der Waals surface area contributed by atoms with Crippen molar-refractivity contribution in [3.63, 3.8) is 0 Å². The molecule has 0 saturated heterocycles. The quantitative estimate of drug-likeness (QED) is 0.139. The summed E-state index contributed by atoms with van der Waals surface area (Å²) in [6.07, 6.45) is 8.16. The van der Waals surface area contributed by atoms with Gasteiger partial charge in [-0.1, -0.05) is 102 Å². The Labute approximate surface area is 182 Å².